The third kappa shape index (κ3) is 5.84. The number of aliphatic hydroxyl groups is 1. The molecule has 2 aromatic rings. The van der Waals surface area contributed by atoms with E-state index in [1.165, 1.54) is 84.7 Å². The molecule has 0 aromatic heterocycles. The molecule has 1 N–H and O–H groups in total. The van der Waals surface area contributed by atoms with Gasteiger partial charge in [0.25, 0.3) is 0 Å². The van der Waals surface area contributed by atoms with Crippen molar-refractivity contribution in [2.75, 3.05) is 0 Å². The molecular formula is C31H48O. The largest absolute Gasteiger partial charge is 0.380 e. The van der Waals surface area contributed by atoms with E-state index >= 15 is 0 Å². The number of hydrogen-bond donors (Lipinski definition) is 1. The molecule has 0 spiro atoms. The van der Waals surface area contributed by atoms with E-state index in [1.807, 2.05) is 0 Å². The monoisotopic (exact) mass is 436 g/mol. The van der Waals surface area contributed by atoms with Gasteiger partial charge in [-0.15, -0.1) is 0 Å². The van der Waals surface area contributed by atoms with Crippen LogP contribution in [0, 0.1) is 40.5 Å². The van der Waals surface area contributed by atoms with Gasteiger partial charge in [0.1, 0.15) is 5.60 Å². The predicted molar refractivity (Wildman–Crippen MR) is 141 cm³/mol. The summed E-state index contributed by atoms with van der Waals surface area (Å²) in [6.45, 7) is 17.5. The average molecular weight is 437 g/mol. The first-order chi connectivity index (χ1) is 15.2. The molecule has 0 bridgehead atoms. The molecule has 2 aromatic carbocycles. The fraction of sp³-hybridized carbons (Fsp3) is 0.613. The zero-order chi connectivity index (χ0) is 23.9. The molecule has 0 radical (unpaired) electrons. The van der Waals surface area contributed by atoms with E-state index in [9.17, 15) is 5.11 Å². The number of aryl methyl sites for hydroxylation is 1. The summed E-state index contributed by atoms with van der Waals surface area (Å²) in [6, 6.07) is 8.82. The van der Waals surface area contributed by atoms with E-state index in [0.717, 1.165) is 17.5 Å². The van der Waals surface area contributed by atoms with Crippen LogP contribution in [-0.2, 0) is 12.0 Å². The van der Waals surface area contributed by atoms with Crippen molar-refractivity contribution >= 4 is 0 Å². The number of unbranched alkanes of at least 4 members (excludes halogenated alkanes) is 7. The Morgan fingerprint density at radius 2 is 1.09 bits per heavy atom. The highest BCUT2D eigenvalue weighted by Gasteiger charge is 2.38. The van der Waals surface area contributed by atoms with Gasteiger partial charge in [-0.3, -0.25) is 0 Å². The SMILES string of the molecule is CCCCCCCCCCc1ccc(C(O)(c2c(C)c(C)c(C)c(C)c2C)C(C)C)cc1. The first-order valence-corrected chi connectivity index (χ1v) is 13.0. The summed E-state index contributed by atoms with van der Waals surface area (Å²) in [7, 11) is 0. The molecule has 1 nitrogen and oxygen atoms in total. The van der Waals surface area contributed by atoms with Crippen LogP contribution in [0.5, 0.6) is 0 Å². The average Bonchev–Trinajstić information content (AvgIpc) is 2.78. The van der Waals surface area contributed by atoms with Crippen LogP contribution in [0.3, 0.4) is 0 Å². The van der Waals surface area contributed by atoms with Gasteiger partial charge in [-0.2, -0.15) is 0 Å². The molecule has 0 aliphatic carbocycles. The standard InChI is InChI=1S/C31H48O/c1-9-10-11-12-13-14-15-16-17-28-18-20-29(21-19-28)31(32,22(2)3)30-26(7)24(5)23(4)25(6)27(30)8/h18-22,32H,9-17H2,1-8H3. The smallest absolute Gasteiger partial charge is 0.117 e. The maximum absolute atomic E-state index is 12.2. The molecule has 2 rings (SSSR count). The van der Waals surface area contributed by atoms with Crippen molar-refractivity contribution in [1.29, 1.82) is 0 Å². The summed E-state index contributed by atoms with van der Waals surface area (Å²) in [6.07, 6.45) is 12.0. The van der Waals surface area contributed by atoms with Crippen LogP contribution in [-0.4, -0.2) is 5.11 Å². The molecule has 0 amide bonds. The van der Waals surface area contributed by atoms with Crippen molar-refractivity contribution in [3.05, 3.63) is 68.8 Å². The summed E-state index contributed by atoms with van der Waals surface area (Å²) in [4.78, 5) is 0. The topological polar surface area (TPSA) is 20.2 Å². The van der Waals surface area contributed by atoms with E-state index in [0.29, 0.717) is 0 Å². The van der Waals surface area contributed by atoms with Crippen LogP contribution < -0.4 is 0 Å². The van der Waals surface area contributed by atoms with Crippen molar-refractivity contribution in [3.8, 4) is 0 Å². The zero-order valence-electron chi connectivity index (χ0n) is 22.2. The second-order valence-electron chi connectivity index (χ2n) is 10.3. The second kappa shape index (κ2) is 12.0. The normalized spacial score (nSPS) is 13.6. The van der Waals surface area contributed by atoms with Crippen molar-refractivity contribution in [1.82, 2.24) is 0 Å². The lowest BCUT2D eigenvalue weighted by Crippen LogP contribution is -2.35. The van der Waals surface area contributed by atoms with Crippen molar-refractivity contribution < 1.29 is 5.11 Å². The second-order valence-corrected chi connectivity index (χ2v) is 10.3. The predicted octanol–water partition coefficient (Wildman–Crippen LogP) is 8.80. The Morgan fingerprint density at radius 3 is 1.56 bits per heavy atom. The fourth-order valence-electron chi connectivity index (χ4n) is 5.23. The summed E-state index contributed by atoms with van der Waals surface area (Å²) in [5.41, 5.74) is 8.92. The Balaban J connectivity index is 2.16. The van der Waals surface area contributed by atoms with Gasteiger partial charge in [0.15, 0.2) is 0 Å². The van der Waals surface area contributed by atoms with Crippen LogP contribution >= 0.6 is 0 Å². The van der Waals surface area contributed by atoms with E-state index in [2.05, 4.69) is 79.7 Å². The number of benzene rings is 2. The molecule has 178 valence electrons. The molecule has 1 unspecified atom stereocenters. The van der Waals surface area contributed by atoms with Crippen molar-refractivity contribution in [3.63, 3.8) is 0 Å². The first kappa shape index (κ1) is 26.7. The summed E-state index contributed by atoms with van der Waals surface area (Å²) < 4.78 is 0. The van der Waals surface area contributed by atoms with Gasteiger partial charge < -0.3 is 5.11 Å². The van der Waals surface area contributed by atoms with Crippen LogP contribution in [0.15, 0.2) is 24.3 Å². The molecule has 0 aliphatic heterocycles. The number of hydrogen-bond acceptors (Lipinski definition) is 1. The van der Waals surface area contributed by atoms with Gasteiger partial charge in [-0.1, -0.05) is 90.0 Å². The molecule has 32 heavy (non-hydrogen) atoms. The summed E-state index contributed by atoms with van der Waals surface area (Å²) >= 11 is 0. The minimum atomic E-state index is -0.978. The summed E-state index contributed by atoms with van der Waals surface area (Å²) in [5, 5.41) is 12.2. The third-order valence-corrected chi connectivity index (χ3v) is 7.93. The highest BCUT2D eigenvalue weighted by molar-refractivity contribution is 5.55. The molecule has 1 heteroatoms. The lowest BCUT2D eigenvalue weighted by Gasteiger charge is -2.37. The van der Waals surface area contributed by atoms with Crippen molar-refractivity contribution in [2.24, 2.45) is 5.92 Å². The minimum Gasteiger partial charge on any atom is -0.380 e. The molecule has 0 saturated heterocycles. The lowest BCUT2D eigenvalue weighted by molar-refractivity contribution is 0.0304. The first-order valence-electron chi connectivity index (χ1n) is 13.0. The Bertz CT molecular complexity index is 830. The van der Waals surface area contributed by atoms with Gasteiger partial charge in [-0.25, -0.2) is 0 Å². The van der Waals surface area contributed by atoms with Gasteiger partial charge >= 0.3 is 0 Å². The maximum atomic E-state index is 12.2. The van der Waals surface area contributed by atoms with Gasteiger partial charge in [0.2, 0.25) is 0 Å². The van der Waals surface area contributed by atoms with Crippen LogP contribution in [0.1, 0.15) is 117 Å². The van der Waals surface area contributed by atoms with E-state index in [-0.39, 0.29) is 5.92 Å². The van der Waals surface area contributed by atoms with Gasteiger partial charge in [0.05, 0.1) is 0 Å². The van der Waals surface area contributed by atoms with Crippen LogP contribution in [0.25, 0.3) is 0 Å². The van der Waals surface area contributed by atoms with Crippen LogP contribution in [0.4, 0.5) is 0 Å². The van der Waals surface area contributed by atoms with E-state index in [1.54, 1.807) is 0 Å². The lowest BCUT2D eigenvalue weighted by atomic mass is 9.72. The quantitative estimate of drug-likeness (QED) is 0.329. The molecule has 0 aliphatic rings. The Hall–Kier alpha value is -1.60. The fourth-order valence-corrected chi connectivity index (χ4v) is 5.23. The highest BCUT2D eigenvalue weighted by atomic mass is 16.3. The maximum Gasteiger partial charge on any atom is 0.117 e. The van der Waals surface area contributed by atoms with E-state index < -0.39 is 5.60 Å². The van der Waals surface area contributed by atoms with Gasteiger partial charge in [0, 0.05) is 0 Å². The molecule has 0 saturated carbocycles. The Labute approximate surface area is 198 Å². The molecular weight excluding hydrogens is 388 g/mol. The molecule has 0 fully saturated rings. The Morgan fingerprint density at radius 1 is 0.656 bits per heavy atom. The van der Waals surface area contributed by atoms with E-state index in [4.69, 9.17) is 0 Å². The van der Waals surface area contributed by atoms with Crippen molar-refractivity contribution in [2.45, 2.75) is 119 Å². The third-order valence-electron chi connectivity index (χ3n) is 7.93. The zero-order valence-corrected chi connectivity index (χ0v) is 22.2. The molecule has 0 heterocycles. The highest BCUT2D eigenvalue weighted by Crippen LogP contribution is 2.42. The number of rotatable bonds is 12. The molecule has 1 atom stereocenters. The van der Waals surface area contributed by atoms with Gasteiger partial charge in [-0.05, 0) is 97.9 Å². The minimum absolute atomic E-state index is 0.0833. The summed E-state index contributed by atoms with van der Waals surface area (Å²) in [5.74, 6) is 0.0833. The van der Waals surface area contributed by atoms with Crippen LogP contribution in [0.2, 0.25) is 0 Å². The Kier molecular flexibility index (Phi) is 10.0.